The van der Waals surface area contributed by atoms with Gasteiger partial charge in [0.25, 0.3) is 0 Å². The summed E-state index contributed by atoms with van der Waals surface area (Å²) in [5.74, 6) is 0. The van der Waals surface area contributed by atoms with Crippen LogP contribution in [-0.4, -0.2) is 24.5 Å². The highest BCUT2D eigenvalue weighted by Gasteiger charge is 2.11. The Bertz CT molecular complexity index is 446. The fraction of sp³-hybridized carbons (Fsp3) is 0.333. The van der Waals surface area contributed by atoms with E-state index >= 15 is 0 Å². The van der Waals surface area contributed by atoms with E-state index in [1.807, 2.05) is 22.7 Å². The van der Waals surface area contributed by atoms with Crippen molar-refractivity contribution in [2.24, 2.45) is 0 Å². The van der Waals surface area contributed by atoms with E-state index in [0.29, 0.717) is 6.04 Å². The minimum atomic E-state index is 0.453. The highest BCUT2D eigenvalue weighted by atomic mass is 32.1. The SMILES string of the molecule is CCN(C)C(C)C=C(c1cccs1)c1cccs1. The predicted molar refractivity (Wildman–Crippen MR) is 83.5 cm³/mol. The van der Waals surface area contributed by atoms with Gasteiger partial charge in [-0.25, -0.2) is 0 Å². The van der Waals surface area contributed by atoms with Crippen molar-refractivity contribution in [3.05, 3.63) is 50.9 Å². The van der Waals surface area contributed by atoms with Gasteiger partial charge in [-0.05, 0) is 43.4 Å². The molecule has 0 aromatic carbocycles. The van der Waals surface area contributed by atoms with Gasteiger partial charge < -0.3 is 4.90 Å². The van der Waals surface area contributed by atoms with Crippen molar-refractivity contribution in [3.63, 3.8) is 0 Å². The van der Waals surface area contributed by atoms with Gasteiger partial charge in [-0.1, -0.05) is 25.1 Å². The molecule has 96 valence electrons. The molecule has 0 N–H and O–H groups in total. The van der Waals surface area contributed by atoms with Crippen LogP contribution in [0.15, 0.2) is 41.1 Å². The minimum Gasteiger partial charge on any atom is -0.300 e. The summed E-state index contributed by atoms with van der Waals surface area (Å²) in [6.07, 6.45) is 2.38. The Balaban J connectivity index is 2.34. The Morgan fingerprint density at radius 1 is 1.22 bits per heavy atom. The summed E-state index contributed by atoms with van der Waals surface area (Å²) in [7, 11) is 2.17. The first-order valence-electron chi connectivity index (χ1n) is 6.22. The molecule has 18 heavy (non-hydrogen) atoms. The first-order chi connectivity index (χ1) is 8.72. The van der Waals surface area contributed by atoms with Crippen LogP contribution in [0.4, 0.5) is 0 Å². The molecule has 0 radical (unpaired) electrons. The molecular weight excluding hydrogens is 258 g/mol. The lowest BCUT2D eigenvalue weighted by molar-refractivity contribution is 0.314. The van der Waals surface area contributed by atoms with Crippen LogP contribution in [0.2, 0.25) is 0 Å². The largest absolute Gasteiger partial charge is 0.300 e. The Morgan fingerprint density at radius 2 is 1.78 bits per heavy atom. The number of nitrogens with zero attached hydrogens (tertiary/aromatic N) is 1. The van der Waals surface area contributed by atoms with Crippen molar-refractivity contribution >= 4 is 28.2 Å². The van der Waals surface area contributed by atoms with Crippen LogP contribution in [-0.2, 0) is 0 Å². The number of likely N-dealkylation sites (N-methyl/N-ethyl adjacent to an activating group) is 1. The van der Waals surface area contributed by atoms with Crippen LogP contribution < -0.4 is 0 Å². The van der Waals surface area contributed by atoms with Gasteiger partial charge in [-0.2, -0.15) is 0 Å². The van der Waals surface area contributed by atoms with Gasteiger partial charge in [-0.3, -0.25) is 0 Å². The first-order valence-corrected chi connectivity index (χ1v) is 7.98. The zero-order valence-corrected chi connectivity index (χ0v) is 12.7. The molecule has 0 saturated carbocycles. The molecule has 0 bridgehead atoms. The quantitative estimate of drug-likeness (QED) is 0.773. The van der Waals surface area contributed by atoms with Crippen molar-refractivity contribution < 1.29 is 0 Å². The highest BCUT2D eigenvalue weighted by Crippen LogP contribution is 2.31. The lowest BCUT2D eigenvalue weighted by Crippen LogP contribution is -2.27. The molecule has 1 atom stereocenters. The van der Waals surface area contributed by atoms with Gasteiger partial charge >= 0.3 is 0 Å². The third-order valence-electron chi connectivity index (χ3n) is 3.18. The molecule has 2 rings (SSSR count). The molecule has 1 nitrogen and oxygen atoms in total. The standard InChI is InChI=1S/C15H19NS2/c1-4-16(3)12(2)11-13(14-7-5-9-17-14)15-8-6-10-18-15/h5-12H,4H2,1-3H3. The van der Waals surface area contributed by atoms with Gasteiger partial charge in [0.05, 0.1) is 0 Å². The molecule has 0 spiro atoms. The molecule has 0 aliphatic carbocycles. The zero-order chi connectivity index (χ0) is 13.0. The second kappa shape index (κ2) is 6.32. The van der Waals surface area contributed by atoms with Gasteiger partial charge in [0.1, 0.15) is 0 Å². The number of hydrogen-bond acceptors (Lipinski definition) is 3. The lowest BCUT2D eigenvalue weighted by Gasteiger charge is -2.21. The maximum absolute atomic E-state index is 2.38. The second-order valence-electron chi connectivity index (χ2n) is 4.35. The summed E-state index contributed by atoms with van der Waals surface area (Å²) in [6.45, 7) is 5.52. The van der Waals surface area contributed by atoms with Crippen LogP contribution in [0.3, 0.4) is 0 Å². The summed E-state index contributed by atoms with van der Waals surface area (Å²) in [6, 6.07) is 9.10. The molecule has 0 fully saturated rings. The van der Waals surface area contributed by atoms with E-state index in [-0.39, 0.29) is 0 Å². The van der Waals surface area contributed by atoms with E-state index in [1.165, 1.54) is 15.3 Å². The maximum Gasteiger partial charge on any atom is 0.0354 e. The zero-order valence-electron chi connectivity index (χ0n) is 11.1. The molecule has 3 heteroatoms. The van der Waals surface area contributed by atoms with Gasteiger partial charge in [0, 0.05) is 21.4 Å². The fourth-order valence-corrected chi connectivity index (χ4v) is 3.40. The average Bonchev–Trinajstić information content (AvgIpc) is 3.06. The molecule has 0 aliphatic rings. The lowest BCUT2D eigenvalue weighted by atomic mass is 10.1. The Kier molecular flexibility index (Phi) is 4.75. The van der Waals surface area contributed by atoms with Crippen LogP contribution in [0, 0.1) is 0 Å². The van der Waals surface area contributed by atoms with Crippen molar-refractivity contribution in [1.29, 1.82) is 0 Å². The molecule has 2 aromatic rings. The molecule has 1 unspecified atom stereocenters. The van der Waals surface area contributed by atoms with E-state index in [2.05, 4.69) is 66.9 Å². The Labute approximate surface area is 117 Å². The minimum absolute atomic E-state index is 0.453. The van der Waals surface area contributed by atoms with Crippen molar-refractivity contribution in [2.75, 3.05) is 13.6 Å². The van der Waals surface area contributed by atoms with E-state index in [1.54, 1.807) is 0 Å². The van der Waals surface area contributed by atoms with E-state index in [0.717, 1.165) is 6.54 Å². The first kappa shape index (κ1) is 13.5. The van der Waals surface area contributed by atoms with Crippen LogP contribution in [0.5, 0.6) is 0 Å². The van der Waals surface area contributed by atoms with Crippen molar-refractivity contribution in [1.82, 2.24) is 4.90 Å². The van der Waals surface area contributed by atoms with Crippen molar-refractivity contribution in [2.45, 2.75) is 19.9 Å². The third-order valence-corrected chi connectivity index (χ3v) is 4.98. The topological polar surface area (TPSA) is 3.24 Å². The summed E-state index contributed by atoms with van der Waals surface area (Å²) < 4.78 is 0. The molecule has 2 aromatic heterocycles. The maximum atomic E-state index is 2.38. The normalized spacial score (nSPS) is 12.7. The highest BCUT2D eigenvalue weighted by molar-refractivity contribution is 7.13. The second-order valence-corrected chi connectivity index (χ2v) is 6.24. The smallest absolute Gasteiger partial charge is 0.0354 e. The molecule has 2 heterocycles. The summed E-state index contributed by atoms with van der Waals surface area (Å²) in [4.78, 5) is 5.06. The van der Waals surface area contributed by atoms with Gasteiger partial charge in [-0.15, -0.1) is 22.7 Å². The molecular formula is C15H19NS2. The van der Waals surface area contributed by atoms with Gasteiger partial charge in [0.15, 0.2) is 0 Å². The number of hydrogen-bond donors (Lipinski definition) is 0. The van der Waals surface area contributed by atoms with E-state index in [9.17, 15) is 0 Å². The number of rotatable bonds is 5. The molecule has 0 saturated heterocycles. The molecule has 0 aliphatic heterocycles. The predicted octanol–water partition coefficient (Wildman–Crippen LogP) is 4.58. The third kappa shape index (κ3) is 3.10. The van der Waals surface area contributed by atoms with Crippen LogP contribution in [0.1, 0.15) is 23.6 Å². The van der Waals surface area contributed by atoms with Crippen LogP contribution in [0.25, 0.3) is 5.57 Å². The summed E-state index contributed by atoms with van der Waals surface area (Å²) in [5, 5.41) is 4.29. The Morgan fingerprint density at radius 3 is 2.17 bits per heavy atom. The average molecular weight is 277 g/mol. The summed E-state index contributed by atoms with van der Waals surface area (Å²) in [5.41, 5.74) is 1.37. The van der Waals surface area contributed by atoms with Crippen molar-refractivity contribution in [3.8, 4) is 0 Å². The van der Waals surface area contributed by atoms with E-state index < -0.39 is 0 Å². The van der Waals surface area contributed by atoms with E-state index in [4.69, 9.17) is 0 Å². The Hall–Kier alpha value is -0.900. The molecule has 0 amide bonds. The van der Waals surface area contributed by atoms with Gasteiger partial charge in [0.2, 0.25) is 0 Å². The number of thiophene rings is 2. The van der Waals surface area contributed by atoms with Crippen LogP contribution >= 0.6 is 22.7 Å². The monoisotopic (exact) mass is 277 g/mol. The summed E-state index contributed by atoms with van der Waals surface area (Å²) >= 11 is 3.62. The fourth-order valence-electron chi connectivity index (χ4n) is 1.81.